The topological polar surface area (TPSA) is 436 Å². The van der Waals surface area contributed by atoms with Gasteiger partial charge in [-0.15, -0.1) is 0 Å². The molecule has 9 aliphatic rings. The van der Waals surface area contributed by atoms with Gasteiger partial charge in [0.25, 0.3) is 0 Å². The summed E-state index contributed by atoms with van der Waals surface area (Å²) in [5.41, 5.74) is -1.79. The fraction of sp³-hybridized carbons (Fsp3) is 0.966. The zero-order valence-electron chi connectivity index (χ0n) is 50.5. The van der Waals surface area contributed by atoms with Gasteiger partial charge in [0.15, 0.2) is 31.5 Å². The first-order valence-corrected chi connectivity index (χ1v) is 30.8. The van der Waals surface area contributed by atoms with E-state index in [2.05, 4.69) is 40.7 Å². The lowest BCUT2D eigenvalue weighted by Crippen LogP contribution is -2.68. The summed E-state index contributed by atoms with van der Waals surface area (Å²) in [6.45, 7) is 14.1. The Labute approximate surface area is 501 Å². The predicted octanol–water partition coefficient (Wildman–Crippen LogP) is -3.74. The van der Waals surface area contributed by atoms with Gasteiger partial charge in [0.2, 0.25) is 0 Å². The molecule has 5 saturated heterocycles. The molecule has 9 fully saturated rings. The summed E-state index contributed by atoms with van der Waals surface area (Å²) in [7, 11) is 0. The molecule has 4 aliphatic carbocycles. The second kappa shape index (κ2) is 26.6. The smallest absolute Gasteiger partial charge is 0.187 e. The number of rotatable bonds is 18. The van der Waals surface area contributed by atoms with E-state index in [0.717, 1.165) is 24.8 Å². The Morgan fingerprint density at radius 2 is 1.02 bits per heavy atom. The third kappa shape index (κ3) is 12.4. The van der Waals surface area contributed by atoms with E-state index in [4.69, 9.17) is 47.4 Å². The average Bonchev–Trinajstić information content (AvgIpc) is 1.22. The predicted molar refractivity (Wildman–Crippen MR) is 293 cm³/mol. The first kappa shape index (κ1) is 69.0. The molecule has 5 heterocycles. The Bertz CT molecular complexity index is 2260. The maximum atomic E-state index is 12.9. The third-order valence-corrected chi connectivity index (χ3v) is 22.6. The molecule has 27 heteroatoms. The van der Waals surface area contributed by atoms with E-state index < -0.39 is 202 Å². The van der Waals surface area contributed by atoms with E-state index in [1.54, 1.807) is 0 Å². The minimum atomic E-state index is -1.84. The van der Waals surface area contributed by atoms with Crippen LogP contribution in [-0.4, -0.2) is 285 Å². The summed E-state index contributed by atoms with van der Waals surface area (Å²) < 4.78 is 60.3. The van der Waals surface area contributed by atoms with Crippen molar-refractivity contribution in [2.24, 2.45) is 45.3 Å². The quantitative estimate of drug-likeness (QED) is 0.0463. The molecule has 9 rings (SSSR count). The van der Waals surface area contributed by atoms with Gasteiger partial charge < -0.3 is 134 Å². The molecule has 0 radical (unpaired) electrons. The molecule has 27 nitrogen and oxygen atoms in total. The molecule has 17 N–H and O–H groups in total. The van der Waals surface area contributed by atoms with Crippen LogP contribution in [0.1, 0.15) is 113 Å². The van der Waals surface area contributed by atoms with Gasteiger partial charge in [-0.05, 0) is 124 Å². The van der Waals surface area contributed by atoms with E-state index in [9.17, 15) is 86.8 Å². The van der Waals surface area contributed by atoms with Gasteiger partial charge in [-0.3, -0.25) is 0 Å². The second-order valence-corrected chi connectivity index (χ2v) is 28.1. The molecular formula is C59H100O27. The minimum absolute atomic E-state index is 0.00770. The highest BCUT2D eigenvalue weighted by atomic mass is 16.8. The van der Waals surface area contributed by atoms with Crippen LogP contribution in [0.3, 0.4) is 0 Å². The lowest BCUT2D eigenvalue weighted by Gasteiger charge is -2.71. The van der Waals surface area contributed by atoms with Crippen molar-refractivity contribution in [3.63, 3.8) is 0 Å². The number of hydrogen-bond donors (Lipinski definition) is 17. The zero-order chi connectivity index (χ0) is 63.1. The van der Waals surface area contributed by atoms with Crippen LogP contribution in [0.25, 0.3) is 0 Å². The Morgan fingerprint density at radius 1 is 0.512 bits per heavy atom. The highest BCUT2D eigenvalue weighted by Crippen LogP contribution is 2.76. The van der Waals surface area contributed by atoms with E-state index >= 15 is 0 Å². The molecule has 0 spiro atoms. The SMILES string of the molecule is CC(C)=CCC[C@](C)(O[C@@H]1O[C@H](CO[C@@H]2O[C@H](CO[C@@H]3OC[C@@H](O)[C@H](O)[C@H]3O)[C@@H](O)[C@H](O)[C@H]2O)[C@@H](O)[C@H](O)[C@H]1O)[C@H]1CC[C@]2(C)[C@H]1[C@H](O)C[C@@H]1[C@@]3(C)CC[C@H](O[C@@H]4O[C@H](CO)[C@@H](O)[C@H](O)[C@H]4O[C@@H]4O[C@H](CO)[C@@H](O)[C@H](O)[C@H]4O)C(C)(C)[C@@H]3CC[C@]12C. The molecule has 0 unspecified atom stereocenters. The van der Waals surface area contributed by atoms with Crippen LogP contribution in [0.5, 0.6) is 0 Å². The van der Waals surface area contributed by atoms with Crippen LogP contribution in [0, 0.1) is 45.3 Å². The van der Waals surface area contributed by atoms with Crippen LogP contribution in [0.4, 0.5) is 0 Å². The molecule has 0 bridgehead atoms. The summed E-state index contributed by atoms with van der Waals surface area (Å²) in [5.74, 6) is -0.613. The summed E-state index contributed by atoms with van der Waals surface area (Å²) in [6.07, 6.45) is -32.7. The van der Waals surface area contributed by atoms with Crippen molar-refractivity contribution < 1.29 is 134 Å². The van der Waals surface area contributed by atoms with Crippen molar-refractivity contribution in [2.45, 2.75) is 278 Å². The van der Waals surface area contributed by atoms with Crippen LogP contribution in [-0.2, 0) is 47.4 Å². The van der Waals surface area contributed by atoms with E-state index in [1.165, 1.54) is 0 Å². The van der Waals surface area contributed by atoms with Crippen molar-refractivity contribution in [1.29, 1.82) is 0 Å². The number of allylic oxidation sites excluding steroid dienone is 2. The van der Waals surface area contributed by atoms with Crippen molar-refractivity contribution in [3.8, 4) is 0 Å². The average molecular weight is 1240 g/mol. The highest BCUT2D eigenvalue weighted by molar-refractivity contribution is 5.21. The van der Waals surface area contributed by atoms with Crippen LogP contribution < -0.4 is 0 Å². The summed E-state index contributed by atoms with van der Waals surface area (Å²) >= 11 is 0. The first-order chi connectivity index (χ1) is 40.3. The normalized spacial score (nSPS) is 52.9. The van der Waals surface area contributed by atoms with Gasteiger partial charge >= 0.3 is 0 Å². The van der Waals surface area contributed by atoms with E-state index in [1.807, 2.05) is 20.8 Å². The molecule has 0 aromatic carbocycles. The standard InChI is InChI=1S/C59H100O27/c1-24(2)10-9-14-59(8,86-53-48(76)43(71)40(68)31(83-53)23-79-51-46(74)42(70)39(67)30(82-51)22-78-50-45(73)36(64)27(63)21-77-50)25-11-16-58(7)35(25)26(62)18-33-56(5)15-13-34(55(3,4)32(56)12-17-57(33,58)6)84-54-49(44(72)38(66)29(20-61)81-54)85-52-47(75)41(69)37(65)28(19-60)80-52/h10,25-54,60-76H,9,11-23H2,1-8H3/t25-,26+,27+,28+,29+,30+,31+,32-,33+,34-,35+,36-,37+,38+,39+,40+,41-,42-,43-,44-,45+,46+,47+,48+,49+,50-,51+,52-,53-,54-,56-,57+,58+,59-/m0/s1. The van der Waals surface area contributed by atoms with Gasteiger partial charge in [-0.25, -0.2) is 0 Å². The fourth-order valence-corrected chi connectivity index (χ4v) is 17.4. The lowest BCUT2D eigenvalue weighted by atomic mass is 9.35. The Morgan fingerprint density at radius 3 is 1.63 bits per heavy atom. The summed E-state index contributed by atoms with van der Waals surface area (Å²) in [6, 6.07) is 0. The van der Waals surface area contributed by atoms with Crippen LogP contribution in [0.2, 0.25) is 0 Å². The van der Waals surface area contributed by atoms with Crippen molar-refractivity contribution in [1.82, 2.24) is 0 Å². The Kier molecular flexibility index (Phi) is 21.3. The van der Waals surface area contributed by atoms with E-state index in [0.29, 0.717) is 38.5 Å². The maximum Gasteiger partial charge on any atom is 0.187 e. The number of ether oxygens (including phenoxy) is 10. The number of hydrogen-bond acceptors (Lipinski definition) is 27. The maximum absolute atomic E-state index is 12.9. The number of aliphatic hydroxyl groups is 17. The summed E-state index contributed by atoms with van der Waals surface area (Å²) in [5, 5.41) is 185. The molecule has 5 aliphatic heterocycles. The molecule has 0 aromatic rings. The minimum Gasteiger partial charge on any atom is -0.394 e. The Balaban J connectivity index is 0.902. The molecule has 0 aromatic heterocycles. The van der Waals surface area contributed by atoms with Gasteiger partial charge in [-0.2, -0.15) is 0 Å². The second-order valence-electron chi connectivity index (χ2n) is 28.1. The van der Waals surface area contributed by atoms with Crippen molar-refractivity contribution in [2.75, 3.05) is 33.0 Å². The van der Waals surface area contributed by atoms with Crippen molar-refractivity contribution in [3.05, 3.63) is 11.6 Å². The molecule has 34 atom stereocenters. The number of aliphatic hydroxyl groups excluding tert-OH is 17. The molecule has 86 heavy (non-hydrogen) atoms. The molecular weight excluding hydrogens is 1140 g/mol. The lowest BCUT2D eigenvalue weighted by molar-refractivity contribution is -0.378. The highest BCUT2D eigenvalue weighted by Gasteiger charge is 2.72. The molecule has 498 valence electrons. The molecule has 0 amide bonds. The largest absolute Gasteiger partial charge is 0.394 e. The molecule has 4 saturated carbocycles. The summed E-state index contributed by atoms with van der Waals surface area (Å²) in [4.78, 5) is 0. The Hall–Kier alpha value is -1.34. The number of fused-ring (bicyclic) bond motifs is 5. The van der Waals surface area contributed by atoms with E-state index in [-0.39, 0.29) is 41.1 Å². The third-order valence-electron chi connectivity index (χ3n) is 22.6. The van der Waals surface area contributed by atoms with Crippen LogP contribution in [0.15, 0.2) is 11.6 Å². The fourth-order valence-electron chi connectivity index (χ4n) is 17.4. The van der Waals surface area contributed by atoms with Gasteiger partial charge in [-0.1, -0.05) is 46.3 Å². The first-order valence-electron chi connectivity index (χ1n) is 30.8. The zero-order valence-corrected chi connectivity index (χ0v) is 50.5. The van der Waals surface area contributed by atoms with Gasteiger partial charge in [0.1, 0.15) is 116 Å². The van der Waals surface area contributed by atoms with Crippen molar-refractivity contribution >= 4 is 0 Å². The van der Waals surface area contributed by atoms with Crippen LogP contribution >= 0.6 is 0 Å². The van der Waals surface area contributed by atoms with Gasteiger partial charge in [0.05, 0.1) is 50.8 Å². The monoisotopic (exact) mass is 1240 g/mol. The van der Waals surface area contributed by atoms with Gasteiger partial charge in [0, 0.05) is 0 Å².